The fourth-order valence-corrected chi connectivity index (χ4v) is 11.4. The number of halogens is 8. The normalized spacial score (nSPS) is 15.5. The number of hydrogen-bond donors (Lipinski definition) is 0. The van der Waals surface area contributed by atoms with Crippen molar-refractivity contribution in [3.8, 4) is 22.5 Å². The fourth-order valence-electron chi connectivity index (χ4n) is 6.33. The summed E-state index contributed by atoms with van der Waals surface area (Å²) in [4.78, 5) is 11.8. The molecule has 0 amide bonds. The number of benzene rings is 4. The molecule has 0 N–H and O–H groups in total. The molecule has 2 aliphatic rings. The van der Waals surface area contributed by atoms with Crippen LogP contribution in [0.1, 0.15) is 0 Å². The Bertz CT molecular complexity index is 2750. The van der Waals surface area contributed by atoms with Gasteiger partial charge in [-0.1, -0.05) is 23.2 Å². The van der Waals surface area contributed by atoms with Gasteiger partial charge in [-0.3, -0.25) is 0 Å². The highest BCUT2D eigenvalue weighted by molar-refractivity contribution is 7.89. The summed E-state index contributed by atoms with van der Waals surface area (Å²) in [6, 6.07) is 13.3. The summed E-state index contributed by atoms with van der Waals surface area (Å²) in [5.41, 5.74) is 2.44. The van der Waals surface area contributed by atoms with E-state index in [1.54, 1.807) is 17.5 Å². The minimum atomic E-state index is -4.07. The summed E-state index contributed by atoms with van der Waals surface area (Å²) >= 11 is 14.5. The van der Waals surface area contributed by atoms with Gasteiger partial charge in [-0.05, 0) is 60.7 Å². The Morgan fingerprint density at radius 1 is 0.500 bits per heavy atom. The number of rotatable bonds is 8. The molecule has 0 aliphatic carbocycles. The third-order valence-corrected chi connectivity index (χ3v) is 15.6. The van der Waals surface area contributed by atoms with Crippen molar-refractivity contribution in [2.75, 3.05) is 62.2 Å². The Balaban J connectivity index is 0.000000181. The van der Waals surface area contributed by atoms with E-state index < -0.39 is 64.7 Å². The standard InChI is InChI=1S/2C19H15ClF3N3O2S2/c20-14-9-12(1-3-15(14)22)17-11-29-19(24-17)25-5-7-26(8-6-25)30(27,28)18-4-2-13(21)10-16(18)23;20-13-7-12(8-15(22)9-13)17-11-29-19(24-17)25-3-5-26(6-4-25)30(27,28)18-2-1-14(21)10-16(18)23/h1-4,9-11H,5-8H2;1-2,7-11H,3-6H2. The van der Waals surface area contributed by atoms with Gasteiger partial charge in [0.1, 0.15) is 44.7 Å². The first kappa shape index (κ1) is 43.8. The lowest BCUT2D eigenvalue weighted by Gasteiger charge is -2.33. The van der Waals surface area contributed by atoms with E-state index in [9.17, 15) is 43.2 Å². The first-order valence-electron chi connectivity index (χ1n) is 17.7. The summed E-state index contributed by atoms with van der Waals surface area (Å²) in [7, 11) is -8.13. The van der Waals surface area contributed by atoms with Crippen molar-refractivity contribution in [2.24, 2.45) is 0 Å². The molecule has 0 saturated carbocycles. The Morgan fingerprint density at radius 3 is 1.40 bits per heavy atom. The first-order chi connectivity index (χ1) is 28.5. The zero-order valence-electron chi connectivity index (χ0n) is 30.7. The Kier molecular flexibility index (Phi) is 13.1. The molecule has 0 atom stereocenters. The van der Waals surface area contributed by atoms with Crippen molar-refractivity contribution < 1.29 is 43.2 Å². The highest BCUT2D eigenvalue weighted by Gasteiger charge is 2.33. The summed E-state index contributed by atoms with van der Waals surface area (Å²) in [6.45, 7) is 1.93. The van der Waals surface area contributed by atoms with E-state index in [4.69, 9.17) is 23.2 Å². The van der Waals surface area contributed by atoms with Crippen LogP contribution in [0.2, 0.25) is 10.0 Å². The van der Waals surface area contributed by atoms with E-state index in [0.29, 0.717) is 71.1 Å². The van der Waals surface area contributed by atoms with Gasteiger partial charge in [-0.2, -0.15) is 8.61 Å². The minimum absolute atomic E-state index is 0.00824. The lowest BCUT2D eigenvalue weighted by atomic mass is 10.2. The highest BCUT2D eigenvalue weighted by Crippen LogP contribution is 2.33. The van der Waals surface area contributed by atoms with Gasteiger partial charge in [0.25, 0.3) is 0 Å². The van der Waals surface area contributed by atoms with Crippen molar-refractivity contribution >= 4 is 76.2 Å². The molecular weight excluding hydrogens is 918 g/mol. The summed E-state index contributed by atoms with van der Waals surface area (Å²) in [6.07, 6.45) is 0. The lowest BCUT2D eigenvalue weighted by Crippen LogP contribution is -2.48. The predicted octanol–water partition coefficient (Wildman–Crippen LogP) is 8.78. The van der Waals surface area contributed by atoms with Crippen LogP contribution in [0.4, 0.5) is 36.6 Å². The predicted molar refractivity (Wildman–Crippen MR) is 220 cm³/mol. The average molecular weight is 948 g/mol. The molecule has 8 rings (SSSR count). The van der Waals surface area contributed by atoms with E-state index >= 15 is 0 Å². The van der Waals surface area contributed by atoms with Gasteiger partial charge in [0, 0.05) is 91.4 Å². The molecule has 2 fully saturated rings. The van der Waals surface area contributed by atoms with Crippen LogP contribution in [0.25, 0.3) is 22.5 Å². The fraction of sp³-hybridized carbons (Fsp3) is 0.211. The Hall–Kier alpha value is -4.28. The smallest absolute Gasteiger partial charge is 0.246 e. The van der Waals surface area contributed by atoms with Crippen LogP contribution >= 0.6 is 45.9 Å². The maximum absolute atomic E-state index is 14.0. The molecule has 0 unspecified atom stereocenters. The van der Waals surface area contributed by atoms with E-state index in [0.717, 1.165) is 24.3 Å². The van der Waals surface area contributed by atoms with Crippen LogP contribution in [0, 0.1) is 34.9 Å². The van der Waals surface area contributed by atoms with Gasteiger partial charge >= 0.3 is 0 Å². The number of nitrogens with zero attached hydrogens (tertiary/aromatic N) is 6. The molecule has 2 aromatic heterocycles. The molecule has 4 aromatic carbocycles. The Morgan fingerprint density at radius 2 is 0.967 bits per heavy atom. The van der Waals surface area contributed by atoms with E-state index in [1.165, 1.54) is 55.5 Å². The molecule has 316 valence electrons. The molecule has 0 radical (unpaired) electrons. The molecule has 6 aromatic rings. The van der Waals surface area contributed by atoms with Crippen molar-refractivity contribution in [1.82, 2.24) is 18.6 Å². The van der Waals surface area contributed by atoms with Gasteiger partial charge in [-0.15, -0.1) is 22.7 Å². The maximum Gasteiger partial charge on any atom is 0.246 e. The second-order valence-electron chi connectivity index (χ2n) is 13.2. The number of thiazole rings is 2. The first-order valence-corrected chi connectivity index (χ1v) is 23.1. The highest BCUT2D eigenvalue weighted by atomic mass is 35.5. The molecular formula is C38H30Cl2F6N6O4S4. The summed E-state index contributed by atoms with van der Waals surface area (Å²) in [5.74, 6) is -4.87. The zero-order valence-corrected chi connectivity index (χ0v) is 35.5. The number of sulfonamides is 2. The summed E-state index contributed by atoms with van der Waals surface area (Å²) in [5, 5.41) is 5.22. The van der Waals surface area contributed by atoms with Crippen LogP contribution in [-0.2, 0) is 20.0 Å². The summed E-state index contributed by atoms with van der Waals surface area (Å²) < 4.78 is 134. The minimum Gasteiger partial charge on any atom is -0.345 e. The largest absolute Gasteiger partial charge is 0.345 e. The van der Waals surface area contributed by atoms with E-state index in [2.05, 4.69) is 9.97 Å². The third kappa shape index (κ3) is 9.60. The van der Waals surface area contributed by atoms with Crippen LogP contribution in [0.15, 0.2) is 93.3 Å². The molecule has 2 saturated heterocycles. The van der Waals surface area contributed by atoms with Gasteiger partial charge in [0.15, 0.2) is 10.3 Å². The van der Waals surface area contributed by atoms with E-state index in [-0.39, 0.29) is 36.2 Å². The van der Waals surface area contributed by atoms with Gasteiger partial charge in [-0.25, -0.2) is 53.1 Å². The molecule has 0 spiro atoms. The van der Waals surface area contributed by atoms with E-state index in [1.807, 2.05) is 15.2 Å². The quantitative estimate of drug-likeness (QED) is 0.140. The molecule has 22 heteroatoms. The molecule has 60 heavy (non-hydrogen) atoms. The van der Waals surface area contributed by atoms with Crippen LogP contribution in [0.5, 0.6) is 0 Å². The molecule has 4 heterocycles. The van der Waals surface area contributed by atoms with Gasteiger partial charge < -0.3 is 9.80 Å². The SMILES string of the molecule is O=S(=O)(c1ccc(F)cc1F)N1CCN(c2nc(-c3cc(F)cc(Cl)c3)cs2)CC1.O=S(=O)(c1ccc(F)cc1F)N1CCN(c2nc(-c3ccc(F)c(Cl)c3)cs2)CC1. The van der Waals surface area contributed by atoms with Crippen LogP contribution in [-0.4, -0.2) is 87.8 Å². The molecule has 2 aliphatic heterocycles. The molecule has 10 nitrogen and oxygen atoms in total. The topological polar surface area (TPSA) is 107 Å². The number of piperazine rings is 2. The second-order valence-corrected chi connectivity index (χ2v) is 19.6. The lowest BCUT2D eigenvalue weighted by molar-refractivity contribution is 0.381. The van der Waals surface area contributed by atoms with Crippen LogP contribution in [0.3, 0.4) is 0 Å². The zero-order chi connectivity index (χ0) is 42.9. The van der Waals surface area contributed by atoms with Crippen LogP contribution < -0.4 is 9.80 Å². The third-order valence-electron chi connectivity index (χ3n) is 9.40. The second kappa shape index (κ2) is 18.0. The van der Waals surface area contributed by atoms with Crippen molar-refractivity contribution in [3.63, 3.8) is 0 Å². The number of hydrogen-bond acceptors (Lipinski definition) is 10. The Labute approximate surface area is 359 Å². The number of anilines is 2. The van der Waals surface area contributed by atoms with Crippen molar-refractivity contribution in [2.45, 2.75) is 9.79 Å². The average Bonchev–Trinajstić information content (AvgIpc) is 3.91. The van der Waals surface area contributed by atoms with Crippen molar-refractivity contribution in [1.29, 1.82) is 0 Å². The van der Waals surface area contributed by atoms with Gasteiger partial charge in [0.2, 0.25) is 20.0 Å². The van der Waals surface area contributed by atoms with Gasteiger partial charge in [0.05, 0.1) is 16.4 Å². The van der Waals surface area contributed by atoms with Crippen molar-refractivity contribution in [3.05, 3.63) is 129 Å². The number of aromatic nitrogens is 2. The maximum atomic E-state index is 14.0. The monoisotopic (exact) mass is 946 g/mol. The molecule has 0 bridgehead atoms.